The van der Waals surface area contributed by atoms with Crippen molar-refractivity contribution in [2.45, 2.75) is 26.3 Å². The van der Waals surface area contributed by atoms with Crippen molar-refractivity contribution in [1.82, 2.24) is 19.2 Å². The minimum absolute atomic E-state index is 0.179. The lowest BCUT2D eigenvalue weighted by atomic mass is 10.1. The summed E-state index contributed by atoms with van der Waals surface area (Å²) >= 11 is 0. The van der Waals surface area contributed by atoms with Crippen LogP contribution in [-0.2, 0) is 10.3 Å². The lowest BCUT2D eigenvalue weighted by Gasteiger charge is -2.25. The number of pyridine rings is 1. The second-order valence-electron chi connectivity index (χ2n) is 6.21. The molecule has 24 heavy (non-hydrogen) atoms. The van der Waals surface area contributed by atoms with Crippen LogP contribution >= 0.6 is 0 Å². The summed E-state index contributed by atoms with van der Waals surface area (Å²) in [6, 6.07) is 1.72. The number of nitrogens with zero attached hydrogens (tertiary/aromatic N) is 4. The van der Waals surface area contributed by atoms with E-state index in [1.54, 1.807) is 33.0 Å². The number of aromatic nitrogens is 4. The summed E-state index contributed by atoms with van der Waals surface area (Å²) in [5.74, 6) is -0.524. The Hall–Kier alpha value is -2.74. The molecule has 0 amide bonds. The molecule has 0 saturated carbocycles. The van der Waals surface area contributed by atoms with E-state index in [2.05, 4.69) is 10.1 Å². The van der Waals surface area contributed by atoms with Crippen LogP contribution < -0.4 is 5.56 Å². The largest absolute Gasteiger partial charge is 0.465 e. The van der Waals surface area contributed by atoms with Gasteiger partial charge in [-0.05, 0) is 26.8 Å². The van der Waals surface area contributed by atoms with Crippen LogP contribution in [-0.4, -0.2) is 44.0 Å². The van der Waals surface area contributed by atoms with Gasteiger partial charge in [0.15, 0.2) is 5.65 Å². The highest BCUT2D eigenvalue weighted by Gasteiger charge is 2.24. The first-order chi connectivity index (χ1) is 11.3. The van der Waals surface area contributed by atoms with Gasteiger partial charge in [0.2, 0.25) is 0 Å². The van der Waals surface area contributed by atoms with Gasteiger partial charge in [-0.2, -0.15) is 5.10 Å². The van der Waals surface area contributed by atoms with Crippen LogP contribution in [0.15, 0.2) is 23.3 Å². The number of aliphatic hydroxyl groups excluding tert-OH is 1. The zero-order valence-electron chi connectivity index (χ0n) is 13.9. The van der Waals surface area contributed by atoms with Gasteiger partial charge in [0, 0.05) is 12.4 Å². The fraction of sp³-hybridized carbons (Fsp3) is 0.375. The molecule has 0 atom stereocenters. The summed E-state index contributed by atoms with van der Waals surface area (Å²) in [5.41, 5.74) is 0.602. The number of fused-ring (bicyclic) bond motifs is 3. The van der Waals surface area contributed by atoms with Gasteiger partial charge in [0.25, 0.3) is 5.56 Å². The van der Waals surface area contributed by atoms with Gasteiger partial charge in [-0.1, -0.05) is 0 Å². The van der Waals surface area contributed by atoms with E-state index in [0.717, 1.165) is 0 Å². The molecule has 0 radical (unpaired) electrons. The average Bonchev–Trinajstić information content (AvgIpc) is 2.90. The van der Waals surface area contributed by atoms with Crippen molar-refractivity contribution in [3.8, 4) is 0 Å². The van der Waals surface area contributed by atoms with Crippen molar-refractivity contribution in [3.05, 3.63) is 40.1 Å². The molecule has 0 aromatic carbocycles. The zero-order valence-corrected chi connectivity index (χ0v) is 13.9. The van der Waals surface area contributed by atoms with Crippen molar-refractivity contribution >= 4 is 22.5 Å². The maximum Gasteiger partial charge on any atom is 0.343 e. The molecule has 3 heterocycles. The number of rotatable bonds is 3. The molecule has 126 valence electrons. The predicted octanol–water partition coefficient (Wildman–Crippen LogP) is 0.867. The highest BCUT2D eigenvalue weighted by molar-refractivity contribution is 5.98. The Morgan fingerprint density at radius 2 is 2.12 bits per heavy atom. The molecule has 0 saturated heterocycles. The second-order valence-corrected chi connectivity index (χ2v) is 6.21. The van der Waals surface area contributed by atoms with E-state index in [0.29, 0.717) is 22.2 Å². The number of hydrogen-bond donors (Lipinski definition) is 1. The van der Waals surface area contributed by atoms with Gasteiger partial charge in [-0.25, -0.2) is 14.3 Å². The van der Waals surface area contributed by atoms with Crippen LogP contribution in [0.1, 0.15) is 29.9 Å². The van der Waals surface area contributed by atoms with Crippen LogP contribution in [0.4, 0.5) is 0 Å². The van der Waals surface area contributed by atoms with Crippen LogP contribution in [0, 0.1) is 6.92 Å². The van der Waals surface area contributed by atoms with Gasteiger partial charge in [0.1, 0.15) is 5.56 Å². The highest BCUT2D eigenvalue weighted by Crippen LogP contribution is 2.20. The number of carbonyl (C=O) groups is 1. The van der Waals surface area contributed by atoms with E-state index in [-0.39, 0.29) is 17.7 Å². The van der Waals surface area contributed by atoms with Crippen LogP contribution in [0.3, 0.4) is 0 Å². The molecule has 8 nitrogen and oxygen atoms in total. The van der Waals surface area contributed by atoms with Crippen molar-refractivity contribution in [2.75, 3.05) is 13.7 Å². The molecule has 0 aliphatic carbocycles. The number of esters is 1. The molecular formula is C16H18N4O4. The summed E-state index contributed by atoms with van der Waals surface area (Å²) in [7, 11) is 1.29. The van der Waals surface area contributed by atoms with Crippen molar-refractivity contribution in [2.24, 2.45) is 0 Å². The van der Waals surface area contributed by atoms with Gasteiger partial charge >= 0.3 is 5.97 Å². The van der Waals surface area contributed by atoms with E-state index in [4.69, 9.17) is 4.74 Å². The Morgan fingerprint density at radius 3 is 2.75 bits per heavy atom. The average molecular weight is 330 g/mol. The highest BCUT2D eigenvalue weighted by atomic mass is 16.5. The normalized spacial score (nSPS) is 12.0. The van der Waals surface area contributed by atoms with E-state index in [9.17, 15) is 14.7 Å². The maximum absolute atomic E-state index is 12.7. The van der Waals surface area contributed by atoms with E-state index in [1.807, 2.05) is 0 Å². The summed E-state index contributed by atoms with van der Waals surface area (Å²) in [5, 5.41) is 14.2. The Morgan fingerprint density at radius 1 is 1.42 bits per heavy atom. The van der Waals surface area contributed by atoms with Crippen molar-refractivity contribution in [1.29, 1.82) is 0 Å². The molecule has 3 aromatic heterocycles. The number of ether oxygens (including phenoxy) is 1. The minimum atomic E-state index is -0.739. The summed E-state index contributed by atoms with van der Waals surface area (Å²) in [6.07, 6.45) is 3.03. The molecule has 0 fully saturated rings. The monoisotopic (exact) mass is 330 g/mol. The number of hydrogen-bond acceptors (Lipinski definition) is 6. The van der Waals surface area contributed by atoms with Gasteiger partial charge in [-0.15, -0.1) is 0 Å². The van der Waals surface area contributed by atoms with Crippen molar-refractivity contribution < 1.29 is 14.6 Å². The van der Waals surface area contributed by atoms with Crippen LogP contribution in [0.2, 0.25) is 0 Å². The fourth-order valence-corrected chi connectivity index (χ4v) is 2.67. The summed E-state index contributed by atoms with van der Waals surface area (Å²) in [6.45, 7) is 5.03. The van der Waals surface area contributed by atoms with Crippen LogP contribution in [0.5, 0.6) is 0 Å². The fourth-order valence-electron chi connectivity index (χ4n) is 2.67. The quantitative estimate of drug-likeness (QED) is 0.715. The Balaban J connectivity index is 2.37. The molecule has 8 heteroatoms. The third-order valence-corrected chi connectivity index (χ3v) is 4.12. The Bertz CT molecular complexity index is 1020. The molecule has 3 aromatic rings. The third kappa shape index (κ3) is 2.18. The maximum atomic E-state index is 12.7. The topological polar surface area (TPSA) is 98.7 Å². The van der Waals surface area contributed by atoms with E-state index in [1.165, 1.54) is 22.4 Å². The molecule has 3 rings (SSSR count). The Kier molecular flexibility index (Phi) is 3.64. The first-order valence-electron chi connectivity index (χ1n) is 7.41. The van der Waals surface area contributed by atoms with Crippen molar-refractivity contribution in [3.63, 3.8) is 0 Å². The smallest absolute Gasteiger partial charge is 0.343 e. The molecule has 0 spiro atoms. The minimum Gasteiger partial charge on any atom is -0.465 e. The number of methoxy groups -OCH3 is 1. The summed E-state index contributed by atoms with van der Waals surface area (Å²) < 4.78 is 7.70. The zero-order chi connectivity index (χ0) is 17.6. The van der Waals surface area contributed by atoms with E-state index < -0.39 is 11.5 Å². The third-order valence-electron chi connectivity index (χ3n) is 4.12. The number of aliphatic hydroxyl groups is 1. The SMILES string of the molecule is COC(=O)c1c(C)nn2c1ncc1c(=O)n(C(C)(C)CO)ccc12. The lowest BCUT2D eigenvalue weighted by molar-refractivity contribution is 0.0602. The molecule has 0 bridgehead atoms. The second kappa shape index (κ2) is 5.41. The van der Waals surface area contributed by atoms with Gasteiger partial charge < -0.3 is 14.4 Å². The first-order valence-corrected chi connectivity index (χ1v) is 7.41. The van der Waals surface area contributed by atoms with Gasteiger partial charge in [-0.3, -0.25) is 4.79 Å². The molecule has 0 aliphatic heterocycles. The molecule has 0 aliphatic rings. The predicted molar refractivity (Wildman–Crippen MR) is 87.2 cm³/mol. The summed E-state index contributed by atoms with van der Waals surface area (Å²) in [4.78, 5) is 28.9. The lowest BCUT2D eigenvalue weighted by Crippen LogP contribution is -2.38. The Labute approximate surface area is 137 Å². The van der Waals surface area contributed by atoms with E-state index >= 15 is 0 Å². The molecular weight excluding hydrogens is 312 g/mol. The first kappa shape index (κ1) is 16.1. The van der Waals surface area contributed by atoms with Gasteiger partial charge in [0.05, 0.1) is 35.9 Å². The standard InChI is InChI=1S/C16H18N4O4/c1-9-12(15(23)24-4)13-17-7-10-11(20(13)18-9)5-6-19(14(10)22)16(2,3)8-21/h5-7,21H,8H2,1-4H3. The van der Waals surface area contributed by atoms with Crippen LogP contribution in [0.25, 0.3) is 16.6 Å². The molecule has 0 unspecified atom stereocenters. The molecule has 1 N–H and O–H groups in total. The number of aryl methyl sites for hydroxylation is 1. The number of carbonyl (C=O) groups excluding carboxylic acids is 1.